The molecular formula is C10H22O. The van der Waals surface area contributed by atoms with Gasteiger partial charge >= 0.3 is 0 Å². The molecule has 0 aromatic rings. The van der Waals surface area contributed by atoms with Crippen LogP contribution in [0.1, 0.15) is 47.5 Å². The highest BCUT2D eigenvalue weighted by atomic mass is 16.5. The van der Waals surface area contributed by atoms with Crippen molar-refractivity contribution in [3.63, 3.8) is 0 Å². The molecule has 0 aliphatic carbocycles. The van der Waals surface area contributed by atoms with Crippen molar-refractivity contribution in [2.45, 2.75) is 59.7 Å². The highest BCUT2D eigenvalue weighted by Crippen LogP contribution is 2.10. The van der Waals surface area contributed by atoms with E-state index in [1.54, 1.807) is 0 Å². The van der Waals surface area contributed by atoms with Gasteiger partial charge in [0.15, 0.2) is 0 Å². The maximum Gasteiger partial charge on any atom is 0.0550 e. The van der Waals surface area contributed by atoms with Gasteiger partial charge in [-0.2, -0.15) is 0 Å². The van der Waals surface area contributed by atoms with Crippen LogP contribution in [0.15, 0.2) is 0 Å². The Labute approximate surface area is 71.1 Å². The molecule has 0 fully saturated rings. The zero-order chi connectivity index (χ0) is 8.85. The van der Waals surface area contributed by atoms with Crippen molar-refractivity contribution >= 4 is 0 Å². The van der Waals surface area contributed by atoms with Gasteiger partial charge in [0.2, 0.25) is 0 Å². The molecule has 0 bridgehead atoms. The quantitative estimate of drug-likeness (QED) is 0.597. The minimum Gasteiger partial charge on any atom is -0.376 e. The third-order valence-electron chi connectivity index (χ3n) is 1.66. The molecule has 11 heavy (non-hydrogen) atoms. The van der Waals surface area contributed by atoms with E-state index in [2.05, 4.69) is 34.6 Å². The highest BCUT2D eigenvalue weighted by molar-refractivity contribution is 4.54. The Morgan fingerprint density at radius 3 is 1.82 bits per heavy atom. The summed E-state index contributed by atoms with van der Waals surface area (Å²) >= 11 is 0. The second-order valence-corrected chi connectivity index (χ2v) is 3.97. The first kappa shape index (κ1) is 11.0. The SMILES string of the molecule is CC(C)CC[C@@H](C)OC(C)C. The average molecular weight is 158 g/mol. The van der Waals surface area contributed by atoms with Crippen LogP contribution in [-0.2, 0) is 4.74 Å². The van der Waals surface area contributed by atoms with Crippen molar-refractivity contribution in [3.8, 4) is 0 Å². The Morgan fingerprint density at radius 1 is 0.909 bits per heavy atom. The third kappa shape index (κ3) is 7.86. The standard InChI is InChI=1S/C10H22O/c1-8(2)6-7-10(5)11-9(3)4/h8-10H,6-7H2,1-5H3/t10-/m1/s1. The maximum absolute atomic E-state index is 5.60. The molecule has 68 valence electrons. The molecule has 0 saturated heterocycles. The summed E-state index contributed by atoms with van der Waals surface area (Å²) in [4.78, 5) is 0. The smallest absolute Gasteiger partial charge is 0.0550 e. The van der Waals surface area contributed by atoms with E-state index >= 15 is 0 Å². The van der Waals surface area contributed by atoms with Gasteiger partial charge in [0.05, 0.1) is 12.2 Å². The topological polar surface area (TPSA) is 9.23 Å². The largest absolute Gasteiger partial charge is 0.376 e. The average Bonchev–Trinajstić information content (AvgIpc) is 1.82. The molecule has 0 amide bonds. The molecule has 0 aromatic carbocycles. The van der Waals surface area contributed by atoms with Crippen LogP contribution >= 0.6 is 0 Å². The zero-order valence-corrected chi connectivity index (χ0v) is 8.55. The van der Waals surface area contributed by atoms with Gasteiger partial charge < -0.3 is 4.74 Å². The van der Waals surface area contributed by atoms with Crippen molar-refractivity contribution in [1.29, 1.82) is 0 Å². The van der Waals surface area contributed by atoms with Crippen LogP contribution in [0.3, 0.4) is 0 Å². The second kappa shape index (κ2) is 5.59. The van der Waals surface area contributed by atoms with Crippen LogP contribution in [0, 0.1) is 5.92 Å². The van der Waals surface area contributed by atoms with Gasteiger partial charge in [-0.05, 0) is 39.5 Å². The molecule has 0 aliphatic rings. The lowest BCUT2D eigenvalue weighted by atomic mass is 10.1. The number of rotatable bonds is 5. The molecule has 0 unspecified atom stereocenters. The summed E-state index contributed by atoms with van der Waals surface area (Å²) < 4.78 is 5.60. The highest BCUT2D eigenvalue weighted by Gasteiger charge is 2.05. The fourth-order valence-electron chi connectivity index (χ4n) is 1.10. The minimum absolute atomic E-state index is 0.372. The Bertz CT molecular complexity index is 86.9. The summed E-state index contributed by atoms with van der Waals surface area (Å²) in [6.45, 7) is 10.8. The minimum atomic E-state index is 0.372. The summed E-state index contributed by atoms with van der Waals surface area (Å²) in [5.41, 5.74) is 0. The van der Waals surface area contributed by atoms with Gasteiger partial charge in [0, 0.05) is 0 Å². The van der Waals surface area contributed by atoms with E-state index in [0.717, 1.165) is 5.92 Å². The van der Waals surface area contributed by atoms with E-state index in [9.17, 15) is 0 Å². The maximum atomic E-state index is 5.60. The van der Waals surface area contributed by atoms with Crippen molar-refractivity contribution in [2.24, 2.45) is 5.92 Å². The molecular weight excluding hydrogens is 136 g/mol. The molecule has 0 N–H and O–H groups in total. The Hall–Kier alpha value is -0.0400. The van der Waals surface area contributed by atoms with E-state index < -0.39 is 0 Å². The van der Waals surface area contributed by atoms with Crippen molar-refractivity contribution in [3.05, 3.63) is 0 Å². The van der Waals surface area contributed by atoms with Gasteiger partial charge in [-0.15, -0.1) is 0 Å². The van der Waals surface area contributed by atoms with Crippen molar-refractivity contribution in [1.82, 2.24) is 0 Å². The second-order valence-electron chi connectivity index (χ2n) is 3.97. The lowest BCUT2D eigenvalue weighted by Crippen LogP contribution is -2.14. The lowest BCUT2D eigenvalue weighted by Gasteiger charge is -2.16. The van der Waals surface area contributed by atoms with Gasteiger partial charge in [-0.3, -0.25) is 0 Å². The summed E-state index contributed by atoms with van der Waals surface area (Å²) in [6.07, 6.45) is 3.26. The predicted octanol–water partition coefficient (Wildman–Crippen LogP) is 3.24. The van der Waals surface area contributed by atoms with Crippen LogP contribution < -0.4 is 0 Å². The summed E-state index contributed by atoms with van der Waals surface area (Å²) in [6, 6.07) is 0. The fourth-order valence-corrected chi connectivity index (χ4v) is 1.10. The van der Waals surface area contributed by atoms with Crippen LogP contribution in [-0.4, -0.2) is 12.2 Å². The first-order valence-electron chi connectivity index (χ1n) is 4.67. The van der Waals surface area contributed by atoms with E-state index in [1.165, 1.54) is 12.8 Å². The molecule has 1 atom stereocenters. The van der Waals surface area contributed by atoms with Gasteiger partial charge in [-0.25, -0.2) is 0 Å². The Balaban J connectivity index is 3.29. The molecule has 0 heterocycles. The molecule has 1 nitrogen and oxygen atoms in total. The zero-order valence-electron chi connectivity index (χ0n) is 8.55. The summed E-state index contributed by atoms with van der Waals surface area (Å²) in [5, 5.41) is 0. The van der Waals surface area contributed by atoms with Gasteiger partial charge in [0.25, 0.3) is 0 Å². The Kier molecular flexibility index (Phi) is 5.57. The first-order chi connectivity index (χ1) is 5.02. The van der Waals surface area contributed by atoms with Crippen molar-refractivity contribution in [2.75, 3.05) is 0 Å². The molecule has 0 aliphatic heterocycles. The van der Waals surface area contributed by atoms with Crippen LogP contribution in [0.4, 0.5) is 0 Å². The number of hydrogen-bond donors (Lipinski definition) is 0. The predicted molar refractivity (Wildman–Crippen MR) is 49.8 cm³/mol. The Morgan fingerprint density at radius 2 is 1.45 bits per heavy atom. The van der Waals surface area contributed by atoms with E-state index in [4.69, 9.17) is 4.74 Å². The number of ether oxygens (including phenoxy) is 1. The summed E-state index contributed by atoms with van der Waals surface area (Å²) in [7, 11) is 0. The fraction of sp³-hybridized carbons (Fsp3) is 1.00. The molecule has 0 saturated carbocycles. The van der Waals surface area contributed by atoms with Crippen LogP contribution in [0.2, 0.25) is 0 Å². The molecule has 0 aromatic heterocycles. The first-order valence-corrected chi connectivity index (χ1v) is 4.67. The number of hydrogen-bond acceptors (Lipinski definition) is 1. The van der Waals surface area contributed by atoms with Crippen molar-refractivity contribution < 1.29 is 4.74 Å². The summed E-state index contributed by atoms with van der Waals surface area (Å²) in [5.74, 6) is 0.799. The van der Waals surface area contributed by atoms with E-state index in [-0.39, 0.29) is 0 Å². The van der Waals surface area contributed by atoms with Gasteiger partial charge in [0.1, 0.15) is 0 Å². The van der Waals surface area contributed by atoms with Gasteiger partial charge in [-0.1, -0.05) is 13.8 Å². The lowest BCUT2D eigenvalue weighted by molar-refractivity contribution is 0.0117. The normalized spacial score (nSPS) is 14.5. The molecule has 0 spiro atoms. The monoisotopic (exact) mass is 158 g/mol. The van der Waals surface area contributed by atoms with Crippen LogP contribution in [0.5, 0.6) is 0 Å². The third-order valence-corrected chi connectivity index (χ3v) is 1.66. The van der Waals surface area contributed by atoms with E-state index in [1.807, 2.05) is 0 Å². The molecule has 1 heteroatoms. The molecule has 0 radical (unpaired) electrons. The molecule has 0 rings (SSSR count). The van der Waals surface area contributed by atoms with Crippen LogP contribution in [0.25, 0.3) is 0 Å². The van der Waals surface area contributed by atoms with E-state index in [0.29, 0.717) is 12.2 Å².